The van der Waals surface area contributed by atoms with Gasteiger partial charge in [-0.1, -0.05) is 44.4 Å². The molecule has 0 radical (unpaired) electrons. The molecule has 0 atom stereocenters. The van der Waals surface area contributed by atoms with Crippen molar-refractivity contribution >= 4 is 16.9 Å². The number of carboxylic acids is 1. The van der Waals surface area contributed by atoms with Crippen molar-refractivity contribution < 1.29 is 19.1 Å². The number of carboxylic acid groups (broad SMARTS) is 1. The van der Waals surface area contributed by atoms with Gasteiger partial charge in [-0.25, -0.2) is 4.79 Å². The second kappa shape index (κ2) is 7.10. The first-order chi connectivity index (χ1) is 9.74. The first kappa shape index (κ1) is 14.6. The molecule has 108 valence electrons. The number of unbranched alkanes of at least 4 members (excludes halogenated alkanes) is 3. The van der Waals surface area contributed by atoms with Crippen LogP contribution < -0.4 is 0 Å². The zero-order chi connectivity index (χ0) is 14.4. The molecule has 0 unspecified atom stereocenters. The molecule has 0 spiro atoms. The molecule has 4 nitrogen and oxygen atoms in total. The van der Waals surface area contributed by atoms with Crippen molar-refractivity contribution in [2.24, 2.45) is 0 Å². The van der Waals surface area contributed by atoms with E-state index in [-0.39, 0.29) is 12.2 Å². The molecule has 0 bridgehead atoms. The number of rotatable bonds is 8. The van der Waals surface area contributed by atoms with E-state index >= 15 is 0 Å². The molecule has 1 aromatic carbocycles. The van der Waals surface area contributed by atoms with E-state index in [1.807, 2.05) is 6.07 Å². The van der Waals surface area contributed by atoms with E-state index in [2.05, 4.69) is 6.92 Å². The number of aromatic carboxylic acids is 1. The summed E-state index contributed by atoms with van der Waals surface area (Å²) in [6.07, 6.45) is 4.53. The molecule has 0 fully saturated rings. The van der Waals surface area contributed by atoms with Crippen molar-refractivity contribution in [2.75, 3.05) is 6.61 Å². The Balaban J connectivity index is 2.02. The van der Waals surface area contributed by atoms with E-state index in [1.54, 1.807) is 18.2 Å². The molecule has 2 rings (SSSR count). The molecule has 2 aromatic rings. The zero-order valence-electron chi connectivity index (χ0n) is 11.7. The smallest absolute Gasteiger partial charge is 0.340 e. The van der Waals surface area contributed by atoms with Gasteiger partial charge in [0.25, 0.3) is 0 Å². The van der Waals surface area contributed by atoms with Gasteiger partial charge in [-0.05, 0) is 12.5 Å². The van der Waals surface area contributed by atoms with E-state index in [9.17, 15) is 9.90 Å². The van der Waals surface area contributed by atoms with Crippen LogP contribution in [0.25, 0.3) is 11.0 Å². The third-order valence-corrected chi connectivity index (χ3v) is 3.26. The highest BCUT2D eigenvalue weighted by atomic mass is 16.5. The van der Waals surface area contributed by atoms with Crippen LogP contribution >= 0.6 is 0 Å². The Bertz CT molecular complexity index is 571. The van der Waals surface area contributed by atoms with Crippen LogP contribution in [0.15, 0.2) is 28.7 Å². The number of ether oxygens (including phenoxy) is 1. The lowest BCUT2D eigenvalue weighted by Gasteiger charge is -2.02. The molecule has 4 heteroatoms. The summed E-state index contributed by atoms with van der Waals surface area (Å²) in [5.74, 6) is -0.575. The summed E-state index contributed by atoms with van der Waals surface area (Å²) >= 11 is 0. The average molecular weight is 276 g/mol. The lowest BCUT2D eigenvalue weighted by molar-refractivity contribution is 0.0680. The van der Waals surface area contributed by atoms with Crippen molar-refractivity contribution in [3.63, 3.8) is 0 Å². The summed E-state index contributed by atoms with van der Waals surface area (Å²) < 4.78 is 11.1. The Morgan fingerprint density at radius 1 is 1.25 bits per heavy atom. The molecule has 0 saturated carbocycles. The number of fused-ring (bicyclic) bond motifs is 1. The van der Waals surface area contributed by atoms with E-state index in [4.69, 9.17) is 9.15 Å². The van der Waals surface area contributed by atoms with Crippen molar-refractivity contribution in [3.8, 4) is 0 Å². The monoisotopic (exact) mass is 276 g/mol. The molecule has 1 heterocycles. The summed E-state index contributed by atoms with van der Waals surface area (Å²) in [6.45, 7) is 3.01. The molecule has 0 aliphatic carbocycles. The Morgan fingerprint density at radius 3 is 2.80 bits per heavy atom. The summed E-state index contributed by atoms with van der Waals surface area (Å²) in [4.78, 5) is 11.4. The van der Waals surface area contributed by atoms with Crippen LogP contribution in [0, 0.1) is 0 Å². The van der Waals surface area contributed by atoms with Gasteiger partial charge in [-0.2, -0.15) is 0 Å². The Morgan fingerprint density at radius 2 is 2.05 bits per heavy atom. The maximum absolute atomic E-state index is 11.4. The van der Waals surface area contributed by atoms with Gasteiger partial charge in [0, 0.05) is 12.0 Å². The predicted molar refractivity (Wildman–Crippen MR) is 77.0 cm³/mol. The second-order valence-corrected chi connectivity index (χ2v) is 4.81. The van der Waals surface area contributed by atoms with Gasteiger partial charge in [-0.3, -0.25) is 0 Å². The highest BCUT2D eigenvalue weighted by Gasteiger charge is 2.19. The normalized spacial score (nSPS) is 11.1. The van der Waals surface area contributed by atoms with Gasteiger partial charge in [0.15, 0.2) is 0 Å². The van der Waals surface area contributed by atoms with Crippen molar-refractivity contribution in [3.05, 3.63) is 35.6 Å². The minimum Gasteiger partial charge on any atom is -0.478 e. The molecule has 1 N–H and O–H groups in total. The predicted octanol–water partition coefficient (Wildman–Crippen LogP) is 4.23. The van der Waals surface area contributed by atoms with Gasteiger partial charge < -0.3 is 14.3 Å². The minimum atomic E-state index is -0.973. The molecule has 0 amide bonds. The molecule has 20 heavy (non-hydrogen) atoms. The SMILES string of the molecule is CCCCCCOCc1oc2ccccc2c1C(=O)O. The highest BCUT2D eigenvalue weighted by Crippen LogP contribution is 2.26. The standard InChI is InChI=1S/C16H20O4/c1-2-3-4-7-10-19-11-14-15(16(17)18)12-8-5-6-9-13(12)20-14/h5-6,8-9H,2-4,7,10-11H2,1H3,(H,17,18). The van der Waals surface area contributed by atoms with Gasteiger partial charge in [-0.15, -0.1) is 0 Å². The summed E-state index contributed by atoms with van der Waals surface area (Å²) in [5.41, 5.74) is 0.809. The van der Waals surface area contributed by atoms with Gasteiger partial charge in [0.1, 0.15) is 23.5 Å². The maximum atomic E-state index is 11.4. The van der Waals surface area contributed by atoms with E-state index in [0.29, 0.717) is 23.3 Å². The molecule has 0 aliphatic heterocycles. The van der Waals surface area contributed by atoms with Gasteiger partial charge in [0.05, 0.1) is 0 Å². The summed E-state index contributed by atoms with van der Waals surface area (Å²) in [6, 6.07) is 7.16. The lowest BCUT2D eigenvalue weighted by Crippen LogP contribution is -2.02. The quantitative estimate of drug-likeness (QED) is 0.733. The van der Waals surface area contributed by atoms with E-state index < -0.39 is 5.97 Å². The highest BCUT2D eigenvalue weighted by molar-refractivity contribution is 6.03. The zero-order valence-corrected chi connectivity index (χ0v) is 11.7. The second-order valence-electron chi connectivity index (χ2n) is 4.81. The maximum Gasteiger partial charge on any atom is 0.340 e. The fraction of sp³-hybridized carbons (Fsp3) is 0.438. The van der Waals surface area contributed by atoms with Crippen LogP contribution in [-0.4, -0.2) is 17.7 Å². The summed E-state index contributed by atoms with van der Waals surface area (Å²) in [7, 11) is 0. The average Bonchev–Trinajstić information content (AvgIpc) is 2.81. The third kappa shape index (κ3) is 3.39. The fourth-order valence-electron chi connectivity index (χ4n) is 2.23. The van der Waals surface area contributed by atoms with Gasteiger partial charge >= 0.3 is 5.97 Å². The van der Waals surface area contributed by atoms with Crippen LogP contribution in [0.5, 0.6) is 0 Å². The van der Waals surface area contributed by atoms with E-state index in [0.717, 1.165) is 12.8 Å². The Labute approximate surface area is 118 Å². The van der Waals surface area contributed by atoms with Crippen LogP contribution in [0.4, 0.5) is 0 Å². The number of benzene rings is 1. The number of furan rings is 1. The van der Waals surface area contributed by atoms with Crippen LogP contribution in [0.2, 0.25) is 0 Å². The Kier molecular flexibility index (Phi) is 5.18. The lowest BCUT2D eigenvalue weighted by atomic mass is 10.1. The first-order valence-corrected chi connectivity index (χ1v) is 7.05. The Hall–Kier alpha value is -1.81. The molecule has 0 saturated heterocycles. The topological polar surface area (TPSA) is 59.7 Å². The molecular formula is C16H20O4. The molecule has 1 aromatic heterocycles. The first-order valence-electron chi connectivity index (χ1n) is 7.05. The summed E-state index contributed by atoms with van der Waals surface area (Å²) in [5, 5.41) is 9.94. The van der Waals surface area contributed by atoms with Crippen molar-refractivity contribution in [2.45, 2.75) is 39.2 Å². The van der Waals surface area contributed by atoms with Crippen LogP contribution in [-0.2, 0) is 11.3 Å². The third-order valence-electron chi connectivity index (χ3n) is 3.26. The molecule has 0 aliphatic rings. The number of para-hydroxylation sites is 1. The number of carbonyl (C=O) groups is 1. The van der Waals surface area contributed by atoms with Gasteiger partial charge in [0.2, 0.25) is 0 Å². The molecular weight excluding hydrogens is 256 g/mol. The van der Waals surface area contributed by atoms with Crippen molar-refractivity contribution in [1.29, 1.82) is 0 Å². The van der Waals surface area contributed by atoms with Crippen molar-refractivity contribution in [1.82, 2.24) is 0 Å². The fourth-order valence-corrected chi connectivity index (χ4v) is 2.23. The van der Waals surface area contributed by atoms with Crippen LogP contribution in [0.3, 0.4) is 0 Å². The number of hydrogen-bond acceptors (Lipinski definition) is 3. The van der Waals surface area contributed by atoms with Crippen LogP contribution in [0.1, 0.15) is 48.7 Å². The van der Waals surface area contributed by atoms with E-state index in [1.165, 1.54) is 12.8 Å². The largest absolute Gasteiger partial charge is 0.478 e. The number of hydrogen-bond donors (Lipinski definition) is 1. The minimum absolute atomic E-state index is 0.211.